The van der Waals surface area contributed by atoms with E-state index in [4.69, 9.17) is 0 Å². The number of nitrogens with one attached hydrogen (secondary N) is 1. The van der Waals surface area contributed by atoms with Crippen LogP contribution in [-0.4, -0.2) is 20.4 Å². The van der Waals surface area contributed by atoms with Gasteiger partial charge in [0.1, 0.15) is 17.7 Å². The molecule has 0 fully saturated rings. The number of imidazole rings is 1. The average molecular weight is 354 g/mol. The van der Waals surface area contributed by atoms with Crippen LogP contribution in [0.4, 0.5) is 10.1 Å². The molecule has 0 radical (unpaired) electrons. The van der Waals surface area contributed by atoms with Crippen molar-refractivity contribution < 1.29 is 14.1 Å². The summed E-state index contributed by atoms with van der Waals surface area (Å²) in [4.78, 5) is 27.0. The molecular formula is C18H15FN4O3. The molecule has 1 aromatic heterocycles. The molecule has 0 spiro atoms. The third-order valence-corrected chi connectivity index (χ3v) is 3.95. The number of aryl methyl sites for hydroxylation is 1. The zero-order valence-electron chi connectivity index (χ0n) is 13.8. The van der Waals surface area contributed by atoms with Gasteiger partial charge in [0.15, 0.2) is 0 Å². The minimum atomic E-state index is -0.807. The van der Waals surface area contributed by atoms with Crippen LogP contribution in [0.5, 0.6) is 0 Å². The predicted molar refractivity (Wildman–Crippen MR) is 92.0 cm³/mol. The average Bonchev–Trinajstić information content (AvgIpc) is 3.06. The summed E-state index contributed by atoms with van der Waals surface area (Å²) in [7, 11) is 1.74. The number of hydrogen-bond donors (Lipinski definition) is 1. The molecule has 2 aromatic carbocycles. The first-order valence-corrected chi connectivity index (χ1v) is 7.74. The molecular weight excluding hydrogens is 339 g/mol. The molecule has 0 bridgehead atoms. The highest BCUT2D eigenvalue weighted by Gasteiger charge is 2.24. The number of amides is 1. The highest BCUT2D eigenvalue weighted by molar-refractivity contribution is 5.94. The van der Waals surface area contributed by atoms with Crippen LogP contribution in [-0.2, 0) is 7.05 Å². The monoisotopic (exact) mass is 354 g/mol. The third kappa shape index (κ3) is 3.44. The van der Waals surface area contributed by atoms with Gasteiger partial charge in [-0.15, -0.1) is 0 Å². The highest BCUT2D eigenvalue weighted by Crippen LogP contribution is 2.24. The summed E-state index contributed by atoms with van der Waals surface area (Å²) in [6, 6.07) is 10.5. The van der Waals surface area contributed by atoms with Crippen molar-refractivity contribution in [2.45, 2.75) is 6.04 Å². The van der Waals surface area contributed by atoms with Crippen molar-refractivity contribution in [2.75, 3.05) is 0 Å². The van der Waals surface area contributed by atoms with Gasteiger partial charge < -0.3 is 9.88 Å². The first-order valence-electron chi connectivity index (χ1n) is 7.74. The summed E-state index contributed by atoms with van der Waals surface area (Å²) in [5, 5.41) is 13.5. The Balaban J connectivity index is 1.93. The summed E-state index contributed by atoms with van der Waals surface area (Å²) in [6.45, 7) is 0. The van der Waals surface area contributed by atoms with E-state index in [0.717, 1.165) is 0 Å². The number of carbonyl (C=O) groups excluding carboxylic acids is 1. The van der Waals surface area contributed by atoms with Crippen LogP contribution in [0.25, 0.3) is 0 Å². The predicted octanol–water partition coefficient (Wildman–Crippen LogP) is 2.99. The number of aromatic nitrogens is 2. The Morgan fingerprint density at radius 1 is 1.23 bits per heavy atom. The third-order valence-electron chi connectivity index (χ3n) is 3.95. The molecule has 0 aliphatic heterocycles. The van der Waals surface area contributed by atoms with Gasteiger partial charge in [0.2, 0.25) is 0 Å². The van der Waals surface area contributed by atoms with Crippen molar-refractivity contribution >= 4 is 11.6 Å². The second-order valence-corrected chi connectivity index (χ2v) is 5.63. The molecule has 7 nitrogen and oxygen atoms in total. The van der Waals surface area contributed by atoms with Crippen molar-refractivity contribution in [3.63, 3.8) is 0 Å². The first-order chi connectivity index (χ1) is 12.5. The molecule has 132 valence electrons. The van der Waals surface area contributed by atoms with Crippen molar-refractivity contribution in [3.05, 3.63) is 93.8 Å². The van der Waals surface area contributed by atoms with E-state index in [1.807, 2.05) is 0 Å². The molecule has 26 heavy (non-hydrogen) atoms. The molecule has 1 heterocycles. The maximum Gasteiger partial charge on any atom is 0.269 e. The zero-order chi connectivity index (χ0) is 18.7. The number of hydrogen-bond acceptors (Lipinski definition) is 4. The molecule has 0 saturated carbocycles. The van der Waals surface area contributed by atoms with E-state index in [1.54, 1.807) is 42.2 Å². The Labute approximate surface area is 148 Å². The lowest BCUT2D eigenvalue weighted by atomic mass is 10.0. The molecule has 0 unspecified atom stereocenters. The van der Waals surface area contributed by atoms with Gasteiger partial charge in [0.05, 0.1) is 4.92 Å². The van der Waals surface area contributed by atoms with Crippen LogP contribution in [0, 0.1) is 15.9 Å². The minimum absolute atomic E-state index is 0.115. The van der Waals surface area contributed by atoms with E-state index in [9.17, 15) is 19.3 Å². The van der Waals surface area contributed by atoms with Gasteiger partial charge >= 0.3 is 0 Å². The standard InChI is InChI=1S/C18H15FN4O3/c1-22-11-10-20-17(22)16(14-4-2-3-5-15(14)19)21-18(24)12-6-8-13(9-7-12)23(25)26/h2-11,16H,1H3,(H,21,24)/t16-/m0/s1. The quantitative estimate of drug-likeness (QED) is 0.563. The van der Waals surface area contributed by atoms with E-state index in [1.165, 1.54) is 30.3 Å². The number of nitrogens with zero attached hydrogens (tertiary/aromatic N) is 3. The Morgan fingerprint density at radius 2 is 1.92 bits per heavy atom. The second-order valence-electron chi connectivity index (χ2n) is 5.63. The van der Waals surface area contributed by atoms with E-state index >= 15 is 0 Å². The second kappa shape index (κ2) is 7.14. The Morgan fingerprint density at radius 3 is 2.50 bits per heavy atom. The van der Waals surface area contributed by atoms with Crippen LogP contribution >= 0.6 is 0 Å². The lowest BCUT2D eigenvalue weighted by Gasteiger charge is -2.19. The van der Waals surface area contributed by atoms with Gasteiger partial charge in [-0.2, -0.15) is 0 Å². The van der Waals surface area contributed by atoms with E-state index in [-0.39, 0.29) is 16.8 Å². The van der Waals surface area contributed by atoms with Crippen LogP contribution in [0.1, 0.15) is 27.8 Å². The Hall–Kier alpha value is -3.55. The molecule has 1 N–H and O–H groups in total. The van der Waals surface area contributed by atoms with Crippen LogP contribution in [0.15, 0.2) is 60.9 Å². The zero-order valence-corrected chi connectivity index (χ0v) is 13.8. The van der Waals surface area contributed by atoms with E-state index < -0.39 is 22.7 Å². The van der Waals surface area contributed by atoms with E-state index in [2.05, 4.69) is 10.3 Å². The highest BCUT2D eigenvalue weighted by atomic mass is 19.1. The molecule has 8 heteroatoms. The maximum absolute atomic E-state index is 14.3. The van der Waals surface area contributed by atoms with Gasteiger partial charge in [0.25, 0.3) is 11.6 Å². The molecule has 1 atom stereocenters. The molecule has 1 amide bonds. The fraction of sp³-hybridized carbons (Fsp3) is 0.111. The lowest BCUT2D eigenvalue weighted by Crippen LogP contribution is -2.31. The summed E-state index contributed by atoms with van der Waals surface area (Å²) < 4.78 is 16.0. The number of rotatable bonds is 5. The van der Waals surface area contributed by atoms with Gasteiger partial charge in [-0.1, -0.05) is 18.2 Å². The normalized spacial score (nSPS) is 11.8. The molecule has 3 rings (SSSR count). The fourth-order valence-corrected chi connectivity index (χ4v) is 2.59. The van der Waals surface area contributed by atoms with Crippen LogP contribution in [0.2, 0.25) is 0 Å². The number of halogens is 1. The van der Waals surface area contributed by atoms with Crippen molar-refractivity contribution in [1.82, 2.24) is 14.9 Å². The van der Waals surface area contributed by atoms with Crippen molar-refractivity contribution in [2.24, 2.45) is 7.05 Å². The van der Waals surface area contributed by atoms with Gasteiger partial charge in [0, 0.05) is 42.7 Å². The van der Waals surface area contributed by atoms with Crippen molar-refractivity contribution in [3.8, 4) is 0 Å². The Kier molecular flexibility index (Phi) is 4.74. The number of nitro benzene ring substituents is 1. The summed E-state index contributed by atoms with van der Waals surface area (Å²) >= 11 is 0. The number of non-ortho nitro benzene ring substituents is 1. The largest absolute Gasteiger partial charge is 0.338 e. The van der Waals surface area contributed by atoms with Crippen molar-refractivity contribution in [1.29, 1.82) is 0 Å². The smallest absolute Gasteiger partial charge is 0.269 e. The summed E-state index contributed by atoms with van der Waals surface area (Å²) in [5.74, 6) is -0.494. The first kappa shape index (κ1) is 17.3. The molecule has 0 aliphatic carbocycles. The number of carbonyl (C=O) groups is 1. The summed E-state index contributed by atoms with van der Waals surface area (Å²) in [5.41, 5.74) is 0.388. The van der Waals surface area contributed by atoms with Crippen LogP contribution in [0.3, 0.4) is 0 Å². The number of nitro groups is 1. The van der Waals surface area contributed by atoms with Crippen LogP contribution < -0.4 is 5.32 Å². The van der Waals surface area contributed by atoms with Gasteiger partial charge in [-0.25, -0.2) is 9.37 Å². The molecule has 3 aromatic rings. The van der Waals surface area contributed by atoms with Gasteiger partial charge in [-0.05, 0) is 18.2 Å². The minimum Gasteiger partial charge on any atom is -0.338 e. The lowest BCUT2D eigenvalue weighted by molar-refractivity contribution is -0.384. The molecule has 0 aliphatic rings. The maximum atomic E-state index is 14.3. The summed E-state index contributed by atoms with van der Waals surface area (Å²) in [6.07, 6.45) is 3.25. The SMILES string of the molecule is Cn1ccnc1[C@@H](NC(=O)c1ccc([N+](=O)[O-])cc1)c1ccccc1F. The topological polar surface area (TPSA) is 90.1 Å². The number of benzene rings is 2. The fourth-order valence-electron chi connectivity index (χ4n) is 2.59. The molecule has 0 saturated heterocycles. The van der Waals surface area contributed by atoms with Gasteiger partial charge in [-0.3, -0.25) is 14.9 Å². The van der Waals surface area contributed by atoms with E-state index in [0.29, 0.717) is 5.82 Å². The Bertz CT molecular complexity index is 953.